The molecule has 0 radical (unpaired) electrons. The van der Waals surface area contributed by atoms with Crippen molar-refractivity contribution in [3.8, 4) is 0 Å². The third kappa shape index (κ3) is 4.26. The minimum Gasteiger partial charge on any atom is -0.481 e. The van der Waals surface area contributed by atoms with E-state index < -0.39 is 11.4 Å². The fourth-order valence-electron chi connectivity index (χ4n) is 6.17. The third-order valence-electron chi connectivity index (χ3n) is 7.80. The summed E-state index contributed by atoms with van der Waals surface area (Å²) in [5.74, 6) is 1.27. The van der Waals surface area contributed by atoms with Crippen molar-refractivity contribution in [1.29, 1.82) is 0 Å². The molecule has 0 spiro atoms. The van der Waals surface area contributed by atoms with E-state index >= 15 is 0 Å². The average Bonchev–Trinajstić information content (AvgIpc) is 2.53. The molecule has 26 heavy (non-hydrogen) atoms. The van der Waals surface area contributed by atoms with Gasteiger partial charge < -0.3 is 9.84 Å². The van der Waals surface area contributed by atoms with Gasteiger partial charge in [0, 0.05) is 6.92 Å². The van der Waals surface area contributed by atoms with Crippen molar-refractivity contribution < 1.29 is 19.4 Å². The van der Waals surface area contributed by atoms with Gasteiger partial charge in [-0.1, -0.05) is 40.0 Å². The largest absolute Gasteiger partial charge is 0.481 e. The first kappa shape index (κ1) is 21.2. The van der Waals surface area contributed by atoms with Crippen LogP contribution in [0.1, 0.15) is 86.0 Å². The highest BCUT2D eigenvalue weighted by molar-refractivity contribution is 5.75. The molecule has 2 aliphatic rings. The number of carbonyl (C=O) groups excluding carboxylic acids is 1. The summed E-state index contributed by atoms with van der Waals surface area (Å²) in [4.78, 5) is 23.0. The predicted molar refractivity (Wildman–Crippen MR) is 103 cm³/mol. The number of esters is 1. The summed E-state index contributed by atoms with van der Waals surface area (Å²) in [7, 11) is 0. The Morgan fingerprint density at radius 3 is 2.50 bits per heavy atom. The first-order chi connectivity index (χ1) is 12.1. The van der Waals surface area contributed by atoms with Crippen molar-refractivity contribution in [2.45, 2.75) is 86.0 Å². The van der Waals surface area contributed by atoms with Crippen LogP contribution in [0.25, 0.3) is 0 Å². The molecule has 4 nitrogen and oxygen atoms in total. The van der Waals surface area contributed by atoms with Gasteiger partial charge in [0.25, 0.3) is 0 Å². The van der Waals surface area contributed by atoms with E-state index in [0.717, 1.165) is 51.4 Å². The van der Waals surface area contributed by atoms with Crippen LogP contribution in [-0.4, -0.2) is 23.7 Å². The molecule has 0 saturated heterocycles. The molecule has 0 bridgehead atoms. The molecule has 6 atom stereocenters. The lowest BCUT2D eigenvalue weighted by Gasteiger charge is -2.58. The average molecular weight is 367 g/mol. The number of carbonyl (C=O) groups is 2. The number of rotatable bonds is 7. The number of hydrogen-bond acceptors (Lipinski definition) is 3. The molecule has 4 heteroatoms. The fraction of sp³-hybridized carbons (Fsp3) is 0.909. The second kappa shape index (κ2) is 8.31. The maximum absolute atomic E-state index is 12.1. The lowest BCUT2D eigenvalue weighted by atomic mass is 9.45. The summed E-state index contributed by atoms with van der Waals surface area (Å²) in [6, 6.07) is 0. The van der Waals surface area contributed by atoms with Crippen molar-refractivity contribution >= 4 is 11.9 Å². The Labute approximate surface area is 159 Å². The van der Waals surface area contributed by atoms with Gasteiger partial charge in [-0.05, 0) is 68.1 Å². The van der Waals surface area contributed by atoms with Crippen molar-refractivity contribution in [2.24, 2.45) is 34.5 Å². The Bertz CT molecular complexity index is 516. The van der Waals surface area contributed by atoms with Gasteiger partial charge in [-0.25, -0.2) is 0 Å². The van der Waals surface area contributed by atoms with E-state index in [0.29, 0.717) is 30.3 Å². The summed E-state index contributed by atoms with van der Waals surface area (Å²) in [6.07, 6.45) is 8.41. The number of carboxylic acid groups (broad SMARTS) is 1. The van der Waals surface area contributed by atoms with Gasteiger partial charge in [0.15, 0.2) is 0 Å². The molecule has 0 amide bonds. The van der Waals surface area contributed by atoms with E-state index in [2.05, 4.69) is 20.8 Å². The van der Waals surface area contributed by atoms with Gasteiger partial charge in [0.1, 0.15) is 0 Å². The van der Waals surface area contributed by atoms with Crippen molar-refractivity contribution in [1.82, 2.24) is 0 Å². The molecule has 0 aliphatic heterocycles. The lowest BCUT2D eigenvalue weighted by Crippen LogP contribution is -2.54. The summed E-state index contributed by atoms with van der Waals surface area (Å²) >= 11 is 0. The highest BCUT2D eigenvalue weighted by Gasteiger charge is 2.57. The molecule has 150 valence electrons. The Morgan fingerprint density at radius 2 is 1.88 bits per heavy atom. The molecular weight excluding hydrogens is 328 g/mol. The fourth-order valence-corrected chi connectivity index (χ4v) is 6.17. The molecule has 1 unspecified atom stereocenters. The highest BCUT2D eigenvalue weighted by Crippen LogP contribution is 2.62. The first-order valence-corrected chi connectivity index (χ1v) is 10.5. The van der Waals surface area contributed by atoms with Crippen LogP contribution >= 0.6 is 0 Å². The van der Waals surface area contributed by atoms with Crippen LogP contribution in [0.15, 0.2) is 0 Å². The van der Waals surface area contributed by atoms with E-state index in [4.69, 9.17) is 4.74 Å². The van der Waals surface area contributed by atoms with Gasteiger partial charge in [0.05, 0.1) is 12.0 Å². The number of hydrogen-bond donors (Lipinski definition) is 1. The molecule has 1 N–H and O–H groups in total. The maximum Gasteiger partial charge on any atom is 0.309 e. The monoisotopic (exact) mass is 366 g/mol. The van der Waals surface area contributed by atoms with Gasteiger partial charge >= 0.3 is 11.9 Å². The Morgan fingerprint density at radius 1 is 1.19 bits per heavy atom. The SMILES string of the molecule is CC(=O)OCC[C@@H](C)CC[C@H]1[C@@H](C)CC[C@H]2C(C)(C(=O)O)CCC[C@]12C. The zero-order chi connectivity index (χ0) is 19.5. The minimum absolute atomic E-state index is 0.138. The third-order valence-corrected chi connectivity index (χ3v) is 7.80. The summed E-state index contributed by atoms with van der Waals surface area (Å²) in [5, 5.41) is 9.92. The second-order valence-corrected chi connectivity index (χ2v) is 9.61. The highest BCUT2D eigenvalue weighted by atomic mass is 16.5. The zero-order valence-electron chi connectivity index (χ0n) is 17.3. The van der Waals surface area contributed by atoms with Crippen LogP contribution < -0.4 is 0 Å². The molecule has 0 aromatic heterocycles. The molecule has 2 saturated carbocycles. The van der Waals surface area contributed by atoms with E-state index in [-0.39, 0.29) is 11.4 Å². The van der Waals surface area contributed by atoms with Crippen LogP contribution in [0.3, 0.4) is 0 Å². The molecule has 2 aliphatic carbocycles. The van der Waals surface area contributed by atoms with Crippen molar-refractivity contribution in [3.63, 3.8) is 0 Å². The van der Waals surface area contributed by atoms with Crippen molar-refractivity contribution in [3.05, 3.63) is 0 Å². The van der Waals surface area contributed by atoms with Gasteiger partial charge in [-0.2, -0.15) is 0 Å². The molecular formula is C22H38O4. The molecule has 2 fully saturated rings. The summed E-state index contributed by atoms with van der Waals surface area (Å²) in [6.45, 7) is 10.9. The van der Waals surface area contributed by atoms with Crippen LogP contribution in [-0.2, 0) is 14.3 Å². The van der Waals surface area contributed by atoms with Crippen molar-refractivity contribution in [2.75, 3.05) is 6.61 Å². The molecule has 0 heterocycles. The van der Waals surface area contributed by atoms with E-state index in [1.165, 1.54) is 6.92 Å². The lowest BCUT2D eigenvalue weighted by molar-refractivity contribution is -0.169. The zero-order valence-corrected chi connectivity index (χ0v) is 17.3. The molecule has 0 aromatic rings. The van der Waals surface area contributed by atoms with Crippen LogP contribution in [0.5, 0.6) is 0 Å². The number of fused-ring (bicyclic) bond motifs is 1. The molecule has 0 aromatic carbocycles. The van der Waals surface area contributed by atoms with Gasteiger partial charge in [-0.3, -0.25) is 9.59 Å². The number of aliphatic carboxylic acids is 1. The minimum atomic E-state index is -0.600. The first-order valence-electron chi connectivity index (χ1n) is 10.5. The normalized spacial score (nSPS) is 38.3. The van der Waals surface area contributed by atoms with Crippen LogP contribution in [0.2, 0.25) is 0 Å². The Balaban J connectivity index is 2.04. The van der Waals surface area contributed by atoms with E-state index in [1.807, 2.05) is 6.92 Å². The standard InChI is InChI=1S/C22H38O4/c1-15(11-14-26-17(3)23)7-9-18-16(2)8-10-19-21(18,4)12-6-13-22(19,5)20(24)25/h15-16,18-19H,6-14H2,1-5H3,(H,24,25)/t15-,16-,18-,19+,21+,22?/m0/s1. The van der Waals surface area contributed by atoms with Gasteiger partial charge in [0.2, 0.25) is 0 Å². The topological polar surface area (TPSA) is 63.6 Å². The van der Waals surface area contributed by atoms with E-state index in [9.17, 15) is 14.7 Å². The number of carboxylic acids is 1. The van der Waals surface area contributed by atoms with Gasteiger partial charge in [-0.15, -0.1) is 0 Å². The van der Waals surface area contributed by atoms with Crippen LogP contribution in [0, 0.1) is 34.5 Å². The Kier molecular flexibility index (Phi) is 6.79. The summed E-state index contributed by atoms with van der Waals surface area (Å²) in [5.41, 5.74) is -0.426. The maximum atomic E-state index is 12.1. The number of ether oxygens (including phenoxy) is 1. The quantitative estimate of drug-likeness (QED) is 0.621. The summed E-state index contributed by atoms with van der Waals surface area (Å²) < 4.78 is 5.08. The molecule has 2 rings (SSSR count). The smallest absolute Gasteiger partial charge is 0.309 e. The second-order valence-electron chi connectivity index (χ2n) is 9.61. The van der Waals surface area contributed by atoms with Crippen LogP contribution in [0.4, 0.5) is 0 Å². The Hall–Kier alpha value is -1.06. The predicted octanol–water partition coefficient (Wildman–Crippen LogP) is 5.30. The van der Waals surface area contributed by atoms with E-state index in [1.54, 1.807) is 0 Å².